The molecule has 1 atom stereocenters. The molecule has 1 unspecified atom stereocenters. The van der Waals surface area contributed by atoms with E-state index in [-0.39, 0.29) is 6.10 Å². The summed E-state index contributed by atoms with van der Waals surface area (Å²) in [7, 11) is 4.05. The summed E-state index contributed by atoms with van der Waals surface area (Å²) in [5.74, 6) is 1.10. The molecule has 0 fully saturated rings. The van der Waals surface area contributed by atoms with Crippen molar-refractivity contribution >= 4 is 22.5 Å². The van der Waals surface area contributed by atoms with Gasteiger partial charge in [-0.25, -0.2) is 4.98 Å². The third-order valence-corrected chi connectivity index (χ3v) is 3.15. The van der Waals surface area contributed by atoms with Gasteiger partial charge in [-0.05, 0) is 32.6 Å². The van der Waals surface area contributed by atoms with Crippen molar-refractivity contribution in [3.05, 3.63) is 35.9 Å². The van der Waals surface area contributed by atoms with Crippen LogP contribution >= 0.6 is 11.6 Å². The molecule has 0 radical (unpaired) electrons. The monoisotopic (exact) mass is 278 g/mol. The predicted molar refractivity (Wildman–Crippen MR) is 79.9 cm³/mol. The summed E-state index contributed by atoms with van der Waals surface area (Å²) in [4.78, 5) is 6.62. The second kappa shape index (κ2) is 6.22. The molecule has 2 rings (SSSR count). The number of hydrogen-bond donors (Lipinski definition) is 0. The molecule has 2 aromatic rings. The van der Waals surface area contributed by atoms with Crippen LogP contribution in [0.3, 0.4) is 0 Å². The van der Waals surface area contributed by atoms with Crippen LogP contribution < -0.4 is 4.74 Å². The third kappa shape index (κ3) is 3.58. The van der Waals surface area contributed by atoms with E-state index in [1.165, 1.54) is 0 Å². The third-order valence-electron chi connectivity index (χ3n) is 2.87. The van der Waals surface area contributed by atoms with Crippen LogP contribution in [-0.4, -0.2) is 36.6 Å². The number of fused-ring (bicyclic) bond motifs is 1. The Hall–Kier alpha value is -1.32. The molecule has 0 N–H and O–H groups in total. The van der Waals surface area contributed by atoms with Crippen molar-refractivity contribution in [2.45, 2.75) is 18.9 Å². The fourth-order valence-corrected chi connectivity index (χ4v) is 2.37. The predicted octanol–water partition coefficient (Wildman–Crippen LogP) is 3.30. The van der Waals surface area contributed by atoms with Gasteiger partial charge >= 0.3 is 0 Å². The summed E-state index contributed by atoms with van der Waals surface area (Å²) in [6.07, 6.45) is 0.0897. The van der Waals surface area contributed by atoms with Gasteiger partial charge in [-0.1, -0.05) is 18.2 Å². The highest BCUT2D eigenvalue weighted by Gasteiger charge is 2.09. The number of benzene rings is 1. The maximum Gasteiger partial charge on any atom is 0.214 e. The standard InChI is InChI=1S/C15H19ClN2O/c1-11(10-18(2)3)19-15-8-12(9-16)13-6-4-5-7-14(13)17-15/h4-8,11H,9-10H2,1-3H3. The number of aromatic nitrogens is 1. The average molecular weight is 279 g/mol. The molecule has 3 nitrogen and oxygen atoms in total. The van der Waals surface area contributed by atoms with E-state index in [0.717, 1.165) is 23.0 Å². The maximum absolute atomic E-state index is 6.01. The lowest BCUT2D eigenvalue weighted by Crippen LogP contribution is -2.28. The lowest BCUT2D eigenvalue weighted by atomic mass is 10.1. The van der Waals surface area contributed by atoms with Gasteiger partial charge < -0.3 is 9.64 Å². The van der Waals surface area contributed by atoms with Crippen LogP contribution in [0.2, 0.25) is 0 Å². The number of rotatable bonds is 5. The van der Waals surface area contributed by atoms with Crippen LogP contribution in [0.4, 0.5) is 0 Å². The summed E-state index contributed by atoms with van der Waals surface area (Å²) in [6, 6.07) is 9.92. The Kier molecular flexibility index (Phi) is 4.61. The van der Waals surface area contributed by atoms with Crippen LogP contribution in [0, 0.1) is 0 Å². The summed E-state index contributed by atoms with van der Waals surface area (Å²) < 4.78 is 5.86. The maximum atomic E-state index is 6.01. The van der Waals surface area contributed by atoms with Crippen LogP contribution in [-0.2, 0) is 5.88 Å². The molecule has 1 aromatic heterocycles. The van der Waals surface area contributed by atoms with Crippen LogP contribution in [0.15, 0.2) is 30.3 Å². The molecule has 0 saturated heterocycles. The van der Waals surface area contributed by atoms with Crippen molar-refractivity contribution in [1.82, 2.24) is 9.88 Å². The highest BCUT2D eigenvalue weighted by atomic mass is 35.5. The quantitative estimate of drug-likeness (QED) is 0.785. The number of likely N-dealkylation sites (N-methyl/N-ethyl adjacent to an activating group) is 1. The molecule has 1 heterocycles. The van der Waals surface area contributed by atoms with Crippen LogP contribution in [0.25, 0.3) is 10.9 Å². The van der Waals surface area contributed by atoms with Gasteiger partial charge in [0, 0.05) is 23.9 Å². The van der Waals surface area contributed by atoms with Crippen molar-refractivity contribution in [1.29, 1.82) is 0 Å². The number of pyridine rings is 1. The lowest BCUT2D eigenvalue weighted by Gasteiger charge is -2.18. The molecule has 0 bridgehead atoms. The average Bonchev–Trinajstić information content (AvgIpc) is 2.36. The van der Waals surface area contributed by atoms with E-state index in [9.17, 15) is 0 Å². The van der Waals surface area contributed by atoms with Gasteiger partial charge in [0.2, 0.25) is 5.88 Å². The summed E-state index contributed by atoms with van der Waals surface area (Å²) >= 11 is 6.01. The fraction of sp³-hybridized carbons (Fsp3) is 0.400. The molecule has 0 amide bonds. The Labute approximate surface area is 119 Å². The molecular weight excluding hydrogens is 260 g/mol. The Morgan fingerprint density at radius 2 is 2.05 bits per heavy atom. The first-order chi connectivity index (χ1) is 9.10. The first-order valence-corrected chi connectivity index (χ1v) is 6.89. The number of ether oxygens (including phenoxy) is 1. The van der Waals surface area contributed by atoms with Crippen LogP contribution in [0.5, 0.6) is 5.88 Å². The smallest absolute Gasteiger partial charge is 0.214 e. The second-order valence-corrected chi connectivity index (χ2v) is 5.23. The highest BCUT2D eigenvalue weighted by Crippen LogP contribution is 2.23. The number of hydrogen-bond acceptors (Lipinski definition) is 3. The zero-order valence-corrected chi connectivity index (χ0v) is 12.3. The first-order valence-electron chi connectivity index (χ1n) is 6.36. The Morgan fingerprint density at radius 3 is 2.74 bits per heavy atom. The lowest BCUT2D eigenvalue weighted by molar-refractivity contribution is 0.171. The Bertz CT molecular complexity index is 557. The molecule has 102 valence electrons. The largest absolute Gasteiger partial charge is 0.473 e. The number of alkyl halides is 1. The molecule has 4 heteroatoms. The summed E-state index contributed by atoms with van der Waals surface area (Å²) in [5, 5.41) is 1.09. The van der Waals surface area contributed by atoms with E-state index < -0.39 is 0 Å². The zero-order chi connectivity index (χ0) is 13.8. The van der Waals surface area contributed by atoms with Gasteiger partial charge in [0.05, 0.1) is 5.52 Å². The van der Waals surface area contributed by atoms with Gasteiger partial charge in [0.1, 0.15) is 6.10 Å². The number of nitrogens with zero attached hydrogens (tertiary/aromatic N) is 2. The molecule has 0 aliphatic rings. The van der Waals surface area contributed by atoms with Crippen molar-refractivity contribution < 1.29 is 4.74 Å². The highest BCUT2D eigenvalue weighted by molar-refractivity contribution is 6.18. The van der Waals surface area contributed by atoms with Crippen molar-refractivity contribution in [3.63, 3.8) is 0 Å². The minimum Gasteiger partial charge on any atom is -0.473 e. The van der Waals surface area contributed by atoms with E-state index in [1.54, 1.807) is 0 Å². The van der Waals surface area contributed by atoms with Crippen molar-refractivity contribution in [2.24, 2.45) is 0 Å². The summed E-state index contributed by atoms with van der Waals surface area (Å²) in [5.41, 5.74) is 1.98. The van der Waals surface area contributed by atoms with E-state index in [4.69, 9.17) is 16.3 Å². The molecule has 0 aliphatic heterocycles. The first kappa shape index (κ1) is 14.1. The minimum absolute atomic E-state index is 0.0897. The van der Waals surface area contributed by atoms with Crippen molar-refractivity contribution in [2.75, 3.05) is 20.6 Å². The topological polar surface area (TPSA) is 25.4 Å². The Morgan fingerprint density at radius 1 is 1.32 bits per heavy atom. The van der Waals surface area contributed by atoms with E-state index in [1.807, 2.05) is 51.4 Å². The SMILES string of the molecule is CC(CN(C)C)Oc1cc(CCl)c2ccccc2n1. The second-order valence-electron chi connectivity index (χ2n) is 4.96. The molecule has 0 spiro atoms. The van der Waals surface area contributed by atoms with Gasteiger partial charge in [-0.15, -0.1) is 11.6 Å². The number of para-hydroxylation sites is 1. The van der Waals surface area contributed by atoms with Gasteiger partial charge in [0.25, 0.3) is 0 Å². The number of halogens is 1. The Balaban J connectivity index is 2.29. The van der Waals surface area contributed by atoms with E-state index in [0.29, 0.717) is 11.8 Å². The van der Waals surface area contributed by atoms with E-state index in [2.05, 4.69) is 9.88 Å². The van der Waals surface area contributed by atoms with Gasteiger partial charge in [-0.2, -0.15) is 0 Å². The van der Waals surface area contributed by atoms with Crippen LogP contribution in [0.1, 0.15) is 12.5 Å². The van der Waals surface area contributed by atoms with E-state index >= 15 is 0 Å². The fourth-order valence-electron chi connectivity index (χ4n) is 2.15. The molecule has 0 saturated carbocycles. The summed E-state index contributed by atoms with van der Waals surface area (Å²) in [6.45, 7) is 2.89. The molecule has 19 heavy (non-hydrogen) atoms. The molecule has 1 aromatic carbocycles. The normalized spacial score (nSPS) is 12.9. The van der Waals surface area contributed by atoms with Gasteiger partial charge in [0.15, 0.2) is 0 Å². The molecule has 0 aliphatic carbocycles. The zero-order valence-electron chi connectivity index (χ0n) is 11.6. The minimum atomic E-state index is 0.0897. The van der Waals surface area contributed by atoms with Crippen molar-refractivity contribution in [3.8, 4) is 5.88 Å². The molecular formula is C15H19ClN2O. The van der Waals surface area contributed by atoms with Gasteiger partial charge in [-0.3, -0.25) is 0 Å².